The van der Waals surface area contributed by atoms with Gasteiger partial charge in [0.15, 0.2) is 11.2 Å². The molecule has 0 unspecified atom stereocenters. The van der Waals surface area contributed by atoms with Crippen LogP contribution < -0.4 is 4.90 Å². The van der Waals surface area contributed by atoms with Gasteiger partial charge >= 0.3 is 0 Å². The van der Waals surface area contributed by atoms with E-state index in [0.717, 1.165) is 88.4 Å². The predicted octanol–water partition coefficient (Wildman–Crippen LogP) is 13.1. The van der Waals surface area contributed by atoms with Crippen LogP contribution in [-0.2, 0) is 0 Å². The van der Waals surface area contributed by atoms with E-state index in [9.17, 15) is 0 Å². The van der Waals surface area contributed by atoms with E-state index in [1.165, 1.54) is 10.8 Å². The molecular weight excluding hydrogens is 617 g/mol. The van der Waals surface area contributed by atoms with Crippen LogP contribution in [0.3, 0.4) is 0 Å². The van der Waals surface area contributed by atoms with Crippen molar-refractivity contribution in [3.63, 3.8) is 0 Å². The summed E-state index contributed by atoms with van der Waals surface area (Å²) in [6.45, 7) is 0. The van der Waals surface area contributed by atoms with Crippen LogP contribution in [0.4, 0.5) is 17.1 Å². The number of para-hydroxylation sites is 3. The summed E-state index contributed by atoms with van der Waals surface area (Å²) in [5, 5.41) is 8.82. The average molecular weight is 643 g/mol. The molecule has 3 heterocycles. The first kappa shape index (κ1) is 27.1. The van der Waals surface area contributed by atoms with Crippen LogP contribution in [0, 0.1) is 0 Å². The number of oxazole rings is 1. The zero-order valence-electron chi connectivity index (χ0n) is 26.6. The predicted molar refractivity (Wildman–Crippen MR) is 204 cm³/mol. The van der Waals surface area contributed by atoms with E-state index in [1.807, 2.05) is 42.5 Å². The van der Waals surface area contributed by atoms with Crippen molar-refractivity contribution in [3.8, 4) is 11.5 Å². The van der Waals surface area contributed by atoms with E-state index in [0.29, 0.717) is 5.89 Å². The number of anilines is 3. The molecule has 0 aliphatic carbocycles. The van der Waals surface area contributed by atoms with Crippen molar-refractivity contribution in [1.29, 1.82) is 0 Å². The molecule has 0 bridgehead atoms. The third-order valence-corrected chi connectivity index (χ3v) is 9.88. The fourth-order valence-corrected chi connectivity index (χ4v) is 7.66. The standard InChI is InChI=1S/C45H26N2O3/c1-3-13-30-27(10-1)12-7-18-36(30)47(37-19-8-15-33-42-31-14-4-2-11-28(31)22-25-40(42)49-44(33)37)29-23-24-32-41(26-29)48-39-21-9-16-34(43(32)39)45-46-35-17-5-6-20-38(35)50-45/h1-26H. The van der Waals surface area contributed by atoms with E-state index in [-0.39, 0.29) is 0 Å². The van der Waals surface area contributed by atoms with Crippen LogP contribution >= 0.6 is 0 Å². The third kappa shape index (κ3) is 3.92. The van der Waals surface area contributed by atoms with Gasteiger partial charge in [0, 0.05) is 38.6 Å². The number of aromatic nitrogens is 1. The number of fused-ring (bicyclic) bond motifs is 10. The molecule has 0 aliphatic heterocycles. The van der Waals surface area contributed by atoms with E-state index < -0.39 is 0 Å². The Bertz CT molecular complexity index is 3090. The minimum Gasteiger partial charge on any atom is -0.456 e. The second-order valence-corrected chi connectivity index (χ2v) is 12.7. The Hall–Kier alpha value is -6.85. The van der Waals surface area contributed by atoms with Crippen molar-refractivity contribution < 1.29 is 13.3 Å². The Morgan fingerprint density at radius 2 is 1.12 bits per heavy atom. The Morgan fingerprint density at radius 3 is 2.04 bits per heavy atom. The van der Waals surface area contributed by atoms with Crippen LogP contribution in [0.1, 0.15) is 0 Å². The molecule has 5 heteroatoms. The highest BCUT2D eigenvalue weighted by Gasteiger charge is 2.23. The van der Waals surface area contributed by atoms with Gasteiger partial charge in [-0.15, -0.1) is 0 Å². The normalized spacial score (nSPS) is 12.0. The molecule has 0 saturated carbocycles. The van der Waals surface area contributed by atoms with Crippen molar-refractivity contribution in [2.75, 3.05) is 4.90 Å². The van der Waals surface area contributed by atoms with Crippen molar-refractivity contribution in [2.24, 2.45) is 0 Å². The van der Waals surface area contributed by atoms with E-state index in [1.54, 1.807) is 0 Å². The maximum absolute atomic E-state index is 6.77. The number of rotatable bonds is 4. The minimum atomic E-state index is 0.574. The lowest BCUT2D eigenvalue weighted by atomic mass is 10.0. The topological polar surface area (TPSA) is 55.6 Å². The van der Waals surface area contributed by atoms with Gasteiger partial charge in [0.1, 0.15) is 22.3 Å². The Kier molecular flexibility index (Phi) is 5.60. The van der Waals surface area contributed by atoms with Gasteiger partial charge in [-0.1, -0.05) is 97.1 Å². The number of nitrogens with zero attached hydrogens (tertiary/aromatic N) is 2. The number of benzene rings is 8. The van der Waals surface area contributed by atoms with E-state index >= 15 is 0 Å². The highest BCUT2D eigenvalue weighted by molar-refractivity contribution is 6.21. The van der Waals surface area contributed by atoms with Crippen LogP contribution in [-0.4, -0.2) is 4.98 Å². The summed E-state index contributed by atoms with van der Waals surface area (Å²) in [7, 11) is 0. The molecule has 0 atom stereocenters. The van der Waals surface area contributed by atoms with Crippen LogP contribution in [0.25, 0.3) is 88.0 Å². The van der Waals surface area contributed by atoms with Crippen LogP contribution in [0.2, 0.25) is 0 Å². The minimum absolute atomic E-state index is 0.574. The summed E-state index contributed by atoms with van der Waals surface area (Å²) in [5.74, 6) is 0.574. The van der Waals surface area contributed by atoms with Gasteiger partial charge in [-0.2, -0.15) is 0 Å². The molecule has 11 rings (SSSR count). The van der Waals surface area contributed by atoms with Crippen LogP contribution in [0.5, 0.6) is 0 Å². The monoisotopic (exact) mass is 642 g/mol. The number of hydrogen-bond acceptors (Lipinski definition) is 5. The zero-order chi connectivity index (χ0) is 32.8. The molecule has 234 valence electrons. The molecule has 11 aromatic rings. The van der Waals surface area contributed by atoms with E-state index in [4.69, 9.17) is 18.2 Å². The fraction of sp³-hybridized carbons (Fsp3) is 0. The average Bonchev–Trinajstić information content (AvgIpc) is 3.88. The molecule has 0 amide bonds. The molecular formula is C45H26N2O3. The maximum atomic E-state index is 6.77. The quantitative estimate of drug-likeness (QED) is 0.191. The van der Waals surface area contributed by atoms with Gasteiger partial charge in [0.05, 0.1) is 17.1 Å². The third-order valence-electron chi connectivity index (χ3n) is 9.88. The molecule has 50 heavy (non-hydrogen) atoms. The van der Waals surface area contributed by atoms with Crippen molar-refractivity contribution in [3.05, 3.63) is 158 Å². The lowest BCUT2D eigenvalue weighted by Gasteiger charge is -2.26. The van der Waals surface area contributed by atoms with Crippen molar-refractivity contribution in [1.82, 2.24) is 4.98 Å². The second-order valence-electron chi connectivity index (χ2n) is 12.7. The van der Waals surface area contributed by atoms with Gasteiger partial charge in [-0.05, 0) is 70.8 Å². The summed E-state index contributed by atoms with van der Waals surface area (Å²) >= 11 is 0. The second kappa shape index (κ2) is 10.3. The Morgan fingerprint density at radius 1 is 0.420 bits per heavy atom. The fourth-order valence-electron chi connectivity index (χ4n) is 7.66. The van der Waals surface area contributed by atoms with Gasteiger partial charge < -0.3 is 18.2 Å². The molecule has 8 aromatic carbocycles. The molecule has 0 aliphatic rings. The molecule has 0 saturated heterocycles. The Labute approximate surface area is 285 Å². The van der Waals surface area contributed by atoms with Crippen molar-refractivity contribution >= 4 is 93.6 Å². The smallest absolute Gasteiger partial charge is 0.228 e. The number of furan rings is 2. The van der Waals surface area contributed by atoms with Gasteiger partial charge in [0.25, 0.3) is 0 Å². The zero-order valence-corrected chi connectivity index (χ0v) is 26.6. The first-order valence-electron chi connectivity index (χ1n) is 16.7. The molecule has 3 aromatic heterocycles. The molecule has 0 N–H and O–H groups in total. The largest absolute Gasteiger partial charge is 0.456 e. The summed E-state index contributed by atoms with van der Waals surface area (Å²) in [6.07, 6.45) is 0. The maximum Gasteiger partial charge on any atom is 0.228 e. The van der Waals surface area contributed by atoms with Gasteiger partial charge in [-0.25, -0.2) is 4.98 Å². The van der Waals surface area contributed by atoms with Gasteiger partial charge in [0.2, 0.25) is 5.89 Å². The molecule has 0 fully saturated rings. The molecule has 0 spiro atoms. The first-order valence-corrected chi connectivity index (χ1v) is 16.7. The summed E-state index contributed by atoms with van der Waals surface area (Å²) in [6, 6.07) is 54.4. The SMILES string of the molecule is c1ccc2c(N(c3ccc4c(c3)oc3cccc(-c5nc6ccccc6o5)c34)c3cccc4c3oc3ccc5ccccc5c34)cccc2c1. The summed E-state index contributed by atoms with van der Waals surface area (Å²) in [4.78, 5) is 7.11. The molecule has 5 nitrogen and oxygen atoms in total. The number of hydrogen-bond donors (Lipinski definition) is 0. The van der Waals surface area contributed by atoms with E-state index in [2.05, 4.69) is 120 Å². The summed E-state index contributed by atoms with van der Waals surface area (Å²) < 4.78 is 19.6. The lowest BCUT2D eigenvalue weighted by molar-refractivity contribution is 0.620. The summed E-state index contributed by atoms with van der Waals surface area (Å²) in [5.41, 5.74) is 8.67. The van der Waals surface area contributed by atoms with Crippen molar-refractivity contribution in [2.45, 2.75) is 0 Å². The molecule has 0 radical (unpaired) electrons. The Balaban J connectivity index is 1.17. The first-order chi connectivity index (χ1) is 24.8. The highest BCUT2D eigenvalue weighted by Crippen LogP contribution is 2.47. The van der Waals surface area contributed by atoms with Gasteiger partial charge in [-0.3, -0.25) is 0 Å². The lowest BCUT2D eigenvalue weighted by Crippen LogP contribution is -2.10. The highest BCUT2D eigenvalue weighted by atomic mass is 16.4. The van der Waals surface area contributed by atoms with Crippen LogP contribution in [0.15, 0.2) is 171 Å².